The maximum Gasteiger partial charge on any atom is 0.254 e. The van der Waals surface area contributed by atoms with E-state index in [0.29, 0.717) is 38.5 Å². The minimum Gasteiger partial charge on any atom is -0.378 e. The van der Waals surface area contributed by atoms with Gasteiger partial charge in [-0.05, 0) is 19.1 Å². The molecule has 2 aromatic heterocycles. The van der Waals surface area contributed by atoms with Crippen molar-refractivity contribution in [2.45, 2.75) is 19.6 Å². The first-order chi connectivity index (χ1) is 15.6. The highest BCUT2D eigenvalue weighted by molar-refractivity contribution is 6.06. The van der Waals surface area contributed by atoms with Gasteiger partial charge in [0.25, 0.3) is 5.91 Å². The average Bonchev–Trinajstić information content (AvgIpc) is 3.14. The molecule has 0 radical (unpaired) electrons. The Hall–Kier alpha value is -2.81. The molecule has 2 saturated heterocycles. The van der Waals surface area contributed by atoms with Crippen molar-refractivity contribution >= 4 is 16.8 Å². The molecule has 32 heavy (non-hydrogen) atoms. The summed E-state index contributed by atoms with van der Waals surface area (Å²) < 4.78 is 13.4. The number of pyridine rings is 1. The Labute approximate surface area is 187 Å². The fourth-order valence-electron chi connectivity index (χ4n) is 4.54. The van der Waals surface area contributed by atoms with Crippen LogP contribution in [-0.2, 0) is 23.1 Å². The van der Waals surface area contributed by atoms with E-state index in [9.17, 15) is 4.79 Å². The standard InChI is InChI=1S/C24H29N5O3/c1-17-18(14-27(2)26-17)15-28-7-12-32-23(16-28)22-13-20(19-5-3-4-6-21(19)25-22)24(30)29-8-10-31-11-9-29/h3-6,13-14,23H,7-12,15-16H2,1-2H3/t23-/m0/s1. The molecule has 4 heterocycles. The number of para-hydroxylation sites is 1. The third kappa shape index (κ3) is 4.26. The van der Waals surface area contributed by atoms with Gasteiger partial charge in [-0.2, -0.15) is 5.10 Å². The quantitative estimate of drug-likeness (QED) is 0.626. The third-order valence-corrected chi connectivity index (χ3v) is 6.25. The van der Waals surface area contributed by atoms with Crippen LogP contribution in [0.5, 0.6) is 0 Å². The van der Waals surface area contributed by atoms with Gasteiger partial charge in [-0.25, -0.2) is 4.98 Å². The first kappa shape index (κ1) is 21.1. The zero-order valence-electron chi connectivity index (χ0n) is 18.7. The van der Waals surface area contributed by atoms with Crippen molar-refractivity contribution in [2.24, 2.45) is 7.05 Å². The summed E-state index contributed by atoms with van der Waals surface area (Å²) in [6.07, 6.45) is 1.90. The fourth-order valence-corrected chi connectivity index (χ4v) is 4.54. The Morgan fingerprint density at radius 1 is 1.16 bits per heavy atom. The summed E-state index contributed by atoms with van der Waals surface area (Å²) in [5.41, 5.74) is 4.61. The molecule has 0 saturated carbocycles. The van der Waals surface area contributed by atoms with E-state index in [1.54, 1.807) is 0 Å². The normalized spacial score (nSPS) is 20.1. The Kier molecular flexibility index (Phi) is 5.91. The summed E-state index contributed by atoms with van der Waals surface area (Å²) in [4.78, 5) is 22.5. The van der Waals surface area contributed by atoms with E-state index in [4.69, 9.17) is 14.5 Å². The largest absolute Gasteiger partial charge is 0.378 e. The second-order valence-electron chi connectivity index (χ2n) is 8.52. The number of carbonyl (C=O) groups excluding carboxylic acids is 1. The van der Waals surface area contributed by atoms with E-state index in [-0.39, 0.29) is 12.0 Å². The number of aryl methyl sites for hydroxylation is 2. The second-order valence-corrected chi connectivity index (χ2v) is 8.52. The molecule has 2 aliphatic rings. The number of ether oxygens (including phenoxy) is 2. The smallest absolute Gasteiger partial charge is 0.254 e. The predicted molar refractivity (Wildman–Crippen MR) is 120 cm³/mol. The highest BCUT2D eigenvalue weighted by atomic mass is 16.5. The van der Waals surface area contributed by atoms with Crippen LogP contribution in [-0.4, -0.2) is 76.5 Å². The lowest BCUT2D eigenvalue weighted by Gasteiger charge is -2.33. The van der Waals surface area contributed by atoms with Crippen LogP contribution in [0.25, 0.3) is 10.9 Å². The Morgan fingerprint density at radius 2 is 1.97 bits per heavy atom. The second kappa shape index (κ2) is 8.97. The van der Waals surface area contributed by atoms with E-state index >= 15 is 0 Å². The molecule has 3 aromatic rings. The van der Waals surface area contributed by atoms with Crippen molar-refractivity contribution in [1.82, 2.24) is 24.6 Å². The first-order valence-corrected chi connectivity index (χ1v) is 11.2. The van der Waals surface area contributed by atoms with Crippen LogP contribution in [0.2, 0.25) is 0 Å². The van der Waals surface area contributed by atoms with E-state index in [2.05, 4.69) is 16.2 Å². The molecule has 0 spiro atoms. The van der Waals surface area contributed by atoms with Gasteiger partial charge in [-0.15, -0.1) is 0 Å². The summed E-state index contributed by atoms with van der Waals surface area (Å²) in [6.45, 7) is 7.47. The zero-order valence-corrected chi connectivity index (χ0v) is 18.7. The van der Waals surface area contributed by atoms with Crippen LogP contribution < -0.4 is 0 Å². The van der Waals surface area contributed by atoms with Crippen LogP contribution in [0.4, 0.5) is 0 Å². The summed E-state index contributed by atoms with van der Waals surface area (Å²) in [5.74, 6) is 0.0341. The lowest BCUT2D eigenvalue weighted by atomic mass is 10.0. The molecule has 0 N–H and O–H groups in total. The molecule has 0 unspecified atom stereocenters. The number of morpholine rings is 2. The lowest BCUT2D eigenvalue weighted by Crippen LogP contribution is -2.41. The third-order valence-electron chi connectivity index (χ3n) is 6.25. The molecule has 0 bridgehead atoms. The van der Waals surface area contributed by atoms with Gasteiger partial charge >= 0.3 is 0 Å². The number of carbonyl (C=O) groups is 1. The van der Waals surface area contributed by atoms with Gasteiger partial charge < -0.3 is 14.4 Å². The molecule has 168 valence electrons. The molecule has 0 aliphatic carbocycles. The number of fused-ring (bicyclic) bond motifs is 1. The van der Waals surface area contributed by atoms with Gasteiger partial charge in [0.05, 0.1) is 42.3 Å². The monoisotopic (exact) mass is 435 g/mol. The van der Waals surface area contributed by atoms with Crippen LogP contribution in [0, 0.1) is 6.92 Å². The van der Waals surface area contributed by atoms with Gasteiger partial charge in [-0.1, -0.05) is 18.2 Å². The molecule has 2 fully saturated rings. The van der Waals surface area contributed by atoms with Crippen molar-refractivity contribution in [3.63, 3.8) is 0 Å². The maximum atomic E-state index is 13.4. The number of aromatic nitrogens is 3. The van der Waals surface area contributed by atoms with Crippen molar-refractivity contribution in [1.29, 1.82) is 0 Å². The minimum atomic E-state index is -0.179. The van der Waals surface area contributed by atoms with E-state index in [1.165, 1.54) is 5.56 Å². The number of benzene rings is 1. The first-order valence-electron chi connectivity index (χ1n) is 11.2. The average molecular weight is 436 g/mol. The molecule has 8 nitrogen and oxygen atoms in total. The number of hydrogen-bond acceptors (Lipinski definition) is 6. The number of rotatable bonds is 4. The molecule has 1 atom stereocenters. The molecule has 1 aromatic carbocycles. The van der Waals surface area contributed by atoms with E-state index in [0.717, 1.165) is 41.9 Å². The Bertz CT molecular complexity index is 1120. The Balaban J connectivity index is 1.43. The molecule has 8 heteroatoms. The van der Waals surface area contributed by atoms with Gasteiger partial charge in [-0.3, -0.25) is 14.4 Å². The minimum absolute atomic E-state index is 0.0341. The fraction of sp³-hybridized carbons (Fsp3) is 0.458. The topological polar surface area (TPSA) is 72.7 Å². The SMILES string of the molecule is Cc1nn(C)cc1CN1CCO[C@H](c2cc(C(=O)N3CCOCC3)c3ccccc3n2)C1. The summed E-state index contributed by atoms with van der Waals surface area (Å²) >= 11 is 0. The molecular weight excluding hydrogens is 406 g/mol. The van der Waals surface area contributed by atoms with Gasteiger partial charge in [0.2, 0.25) is 0 Å². The molecule has 1 amide bonds. The summed E-state index contributed by atoms with van der Waals surface area (Å²) in [6, 6.07) is 9.79. The van der Waals surface area contributed by atoms with E-state index < -0.39 is 0 Å². The highest BCUT2D eigenvalue weighted by Crippen LogP contribution is 2.28. The van der Waals surface area contributed by atoms with Crippen LogP contribution in [0.15, 0.2) is 36.5 Å². The summed E-state index contributed by atoms with van der Waals surface area (Å²) in [5, 5.41) is 5.34. The van der Waals surface area contributed by atoms with Crippen LogP contribution in [0.1, 0.15) is 33.4 Å². The molecule has 2 aliphatic heterocycles. The van der Waals surface area contributed by atoms with E-state index in [1.807, 2.05) is 53.9 Å². The van der Waals surface area contributed by atoms with Crippen LogP contribution >= 0.6 is 0 Å². The zero-order chi connectivity index (χ0) is 22.1. The van der Waals surface area contributed by atoms with Gasteiger partial charge in [0.1, 0.15) is 6.10 Å². The number of hydrogen-bond donors (Lipinski definition) is 0. The van der Waals surface area contributed by atoms with Crippen molar-refractivity contribution in [2.75, 3.05) is 46.0 Å². The van der Waals surface area contributed by atoms with Gasteiger partial charge in [0.15, 0.2) is 0 Å². The summed E-state index contributed by atoms with van der Waals surface area (Å²) in [7, 11) is 1.95. The van der Waals surface area contributed by atoms with Crippen molar-refractivity contribution in [3.8, 4) is 0 Å². The molecular formula is C24H29N5O3. The molecule has 5 rings (SSSR count). The van der Waals surface area contributed by atoms with Crippen LogP contribution in [0.3, 0.4) is 0 Å². The number of amides is 1. The number of nitrogens with zero attached hydrogens (tertiary/aromatic N) is 5. The highest BCUT2D eigenvalue weighted by Gasteiger charge is 2.27. The Morgan fingerprint density at radius 3 is 2.75 bits per heavy atom. The van der Waals surface area contributed by atoms with Gasteiger partial charge in [0, 0.05) is 56.9 Å². The predicted octanol–water partition coefficient (Wildman–Crippen LogP) is 2.32. The van der Waals surface area contributed by atoms with Crippen molar-refractivity contribution < 1.29 is 14.3 Å². The maximum absolute atomic E-state index is 13.4. The van der Waals surface area contributed by atoms with Crippen molar-refractivity contribution in [3.05, 3.63) is 59.0 Å². The lowest BCUT2D eigenvalue weighted by molar-refractivity contribution is -0.0349.